The number of nitrogens with one attached hydrogen (secondary N) is 1. The van der Waals surface area contributed by atoms with Crippen LogP contribution in [-0.4, -0.2) is 57.3 Å². The van der Waals surface area contributed by atoms with E-state index in [1.165, 1.54) is 23.5 Å². The number of aromatic nitrogens is 1. The molecule has 2 fully saturated rings. The smallest absolute Gasteiger partial charge is 0.101 e. The van der Waals surface area contributed by atoms with Gasteiger partial charge in [0.05, 0.1) is 11.1 Å². The first kappa shape index (κ1) is 21.5. The number of anilines is 3. The minimum atomic E-state index is 0.418. The van der Waals surface area contributed by atoms with Crippen LogP contribution in [0.3, 0.4) is 0 Å². The van der Waals surface area contributed by atoms with E-state index < -0.39 is 0 Å². The van der Waals surface area contributed by atoms with Gasteiger partial charge in [0.25, 0.3) is 0 Å². The summed E-state index contributed by atoms with van der Waals surface area (Å²) in [7, 11) is 2.22. The third-order valence-corrected chi connectivity index (χ3v) is 7.13. The largest absolute Gasteiger partial charge is 0.370 e. The summed E-state index contributed by atoms with van der Waals surface area (Å²) >= 11 is 0. The van der Waals surface area contributed by atoms with Crippen LogP contribution in [0, 0.1) is 17.2 Å². The molecule has 2 aliphatic rings. The average molecular weight is 441 g/mol. The molecule has 0 aliphatic carbocycles. The van der Waals surface area contributed by atoms with Crippen LogP contribution in [0.15, 0.2) is 54.7 Å². The fourth-order valence-electron chi connectivity index (χ4n) is 5.35. The van der Waals surface area contributed by atoms with Crippen molar-refractivity contribution in [3.05, 3.63) is 60.3 Å². The molecule has 0 unspecified atom stereocenters. The van der Waals surface area contributed by atoms with Crippen molar-refractivity contribution in [2.24, 2.45) is 5.92 Å². The molecule has 0 amide bonds. The van der Waals surface area contributed by atoms with Crippen molar-refractivity contribution in [1.29, 1.82) is 5.26 Å². The van der Waals surface area contributed by atoms with Gasteiger partial charge in [0.2, 0.25) is 0 Å². The molecule has 170 valence electrons. The lowest BCUT2D eigenvalue weighted by atomic mass is 9.93. The SMILES string of the molecule is C[C@H]1C[C@@H](N(C)c2ccc(N3CCNCC3)cc2)CN(c2ccc(C#N)c3ncccc23)C1. The van der Waals surface area contributed by atoms with Gasteiger partial charge >= 0.3 is 0 Å². The van der Waals surface area contributed by atoms with Crippen molar-refractivity contribution in [1.82, 2.24) is 10.3 Å². The van der Waals surface area contributed by atoms with Crippen LogP contribution in [0.2, 0.25) is 0 Å². The fraction of sp³-hybridized carbons (Fsp3) is 0.407. The van der Waals surface area contributed by atoms with Gasteiger partial charge in [-0.15, -0.1) is 0 Å². The van der Waals surface area contributed by atoms with Gasteiger partial charge in [-0.25, -0.2) is 0 Å². The molecule has 6 heteroatoms. The second kappa shape index (κ2) is 9.29. The topological polar surface area (TPSA) is 58.4 Å². The van der Waals surface area contributed by atoms with Gasteiger partial charge in [-0.2, -0.15) is 5.26 Å². The van der Waals surface area contributed by atoms with Gasteiger partial charge in [-0.1, -0.05) is 6.92 Å². The normalized spacial score (nSPS) is 21.1. The molecule has 3 aromatic rings. The third kappa shape index (κ3) is 4.34. The Bertz CT molecular complexity index is 1150. The molecule has 2 aromatic carbocycles. The maximum absolute atomic E-state index is 9.51. The minimum Gasteiger partial charge on any atom is -0.370 e. The molecule has 1 aromatic heterocycles. The van der Waals surface area contributed by atoms with Gasteiger partial charge in [-0.3, -0.25) is 4.98 Å². The molecule has 2 aliphatic heterocycles. The van der Waals surface area contributed by atoms with E-state index in [4.69, 9.17) is 0 Å². The maximum atomic E-state index is 9.51. The molecule has 0 bridgehead atoms. The van der Waals surface area contributed by atoms with Crippen LogP contribution in [0.5, 0.6) is 0 Å². The van der Waals surface area contributed by atoms with E-state index in [1.54, 1.807) is 6.20 Å². The zero-order valence-electron chi connectivity index (χ0n) is 19.5. The zero-order chi connectivity index (χ0) is 22.8. The van der Waals surface area contributed by atoms with Crippen molar-refractivity contribution in [2.45, 2.75) is 19.4 Å². The van der Waals surface area contributed by atoms with Crippen LogP contribution in [0.1, 0.15) is 18.9 Å². The highest BCUT2D eigenvalue weighted by molar-refractivity contribution is 5.95. The van der Waals surface area contributed by atoms with Crippen molar-refractivity contribution in [3.8, 4) is 6.07 Å². The lowest BCUT2D eigenvalue weighted by Crippen LogP contribution is -2.49. The molecule has 0 saturated carbocycles. The van der Waals surface area contributed by atoms with E-state index in [2.05, 4.69) is 81.4 Å². The number of pyridine rings is 1. The number of likely N-dealkylation sites (N-methyl/N-ethyl adjacent to an activating group) is 1. The molecule has 0 spiro atoms. The number of rotatable bonds is 4. The molecule has 2 atom stereocenters. The second-order valence-electron chi connectivity index (χ2n) is 9.41. The van der Waals surface area contributed by atoms with E-state index >= 15 is 0 Å². The van der Waals surface area contributed by atoms with Gasteiger partial charge in [0, 0.05) is 81.0 Å². The van der Waals surface area contributed by atoms with Crippen LogP contribution < -0.4 is 20.0 Å². The summed E-state index contributed by atoms with van der Waals surface area (Å²) < 4.78 is 0. The summed E-state index contributed by atoms with van der Waals surface area (Å²) in [5, 5.41) is 14.0. The highest BCUT2D eigenvalue weighted by Crippen LogP contribution is 2.33. The van der Waals surface area contributed by atoms with E-state index in [0.717, 1.165) is 50.2 Å². The molecule has 5 rings (SSSR count). The van der Waals surface area contributed by atoms with Crippen LogP contribution in [-0.2, 0) is 0 Å². The maximum Gasteiger partial charge on any atom is 0.101 e. The molecule has 6 nitrogen and oxygen atoms in total. The number of piperazine rings is 1. The number of benzene rings is 2. The van der Waals surface area contributed by atoms with Gasteiger partial charge < -0.3 is 20.0 Å². The number of nitrogens with zero attached hydrogens (tertiary/aromatic N) is 5. The Labute approximate surface area is 196 Å². The molecule has 2 saturated heterocycles. The molecular weight excluding hydrogens is 408 g/mol. The Morgan fingerprint density at radius 2 is 1.82 bits per heavy atom. The lowest BCUT2D eigenvalue weighted by Gasteiger charge is -2.43. The van der Waals surface area contributed by atoms with Crippen molar-refractivity contribution in [2.75, 3.05) is 61.0 Å². The highest BCUT2D eigenvalue weighted by atomic mass is 15.2. The molecule has 3 heterocycles. The number of nitriles is 1. The zero-order valence-corrected chi connectivity index (χ0v) is 19.5. The van der Waals surface area contributed by atoms with E-state index in [-0.39, 0.29) is 0 Å². The van der Waals surface area contributed by atoms with Crippen LogP contribution in [0.4, 0.5) is 17.1 Å². The summed E-state index contributed by atoms with van der Waals surface area (Å²) in [6.07, 6.45) is 2.94. The monoisotopic (exact) mass is 440 g/mol. The first-order valence-electron chi connectivity index (χ1n) is 12.0. The Kier molecular flexibility index (Phi) is 6.06. The highest BCUT2D eigenvalue weighted by Gasteiger charge is 2.29. The Morgan fingerprint density at radius 3 is 2.58 bits per heavy atom. The van der Waals surface area contributed by atoms with Gasteiger partial charge in [-0.05, 0) is 60.9 Å². The Morgan fingerprint density at radius 1 is 1.03 bits per heavy atom. The third-order valence-electron chi connectivity index (χ3n) is 7.13. The van der Waals surface area contributed by atoms with Crippen molar-refractivity contribution in [3.63, 3.8) is 0 Å². The molecule has 1 N–H and O–H groups in total. The summed E-state index contributed by atoms with van der Waals surface area (Å²) in [4.78, 5) is 11.9. The van der Waals surface area contributed by atoms with Gasteiger partial charge in [0.15, 0.2) is 0 Å². The average Bonchev–Trinajstić information content (AvgIpc) is 2.88. The standard InChI is InChI=1S/C27H32N6/c1-20-16-24(31(2)22-6-8-23(9-7-22)32-14-12-29-13-15-32)19-33(18-20)26-10-5-21(17-28)27-25(26)4-3-11-30-27/h3-11,20,24,29H,12-16,18-19H2,1-2H3/t20-,24+/m0/s1. The first-order chi connectivity index (χ1) is 16.1. The summed E-state index contributed by atoms with van der Waals surface area (Å²) in [5.74, 6) is 0.577. The summed E-state index contributed by atoms with van der Waals surface area (Å²) in [6.45, 7) is 8.55. The Balaban J connectivity index is 1.37. The predicted octanol–water partition coefficient (Wildman–Crippen LogP) is 3.87. The van der Waals surface area contributed by atoms with Crippen LogP contribution in [0.25, 0.3) is 10.9 Å². The molecular formula is C27H32N6. The summed E-state index contributed by atoms with van der Waals surface area (Å²) in [6, 6.07) is 19.8. The minimum absolute atomic E-state index is 0.418. The number of piperidine rings is 1. The lowest BCUT2D eigenvalue weighted by molar-refractivity contribution is 0.392. The van der Waals surface area contributed by atoms with E-state index in [9.17, 15) is 5.26 Å². The second-order valence-corrected chi connectivity index (χ2v) is 9.41. The first-order valence-corrected chi connectivity index (χ1v) is 12.0. The predicted molar refractivity (Wildman–Crippen MR) is 136 cm³/mol. The van der Waals surface area contributed by atoms with Crippen molar-refractivity contribution >= 4 is 28.0 Å². The Hall–Kier alpha value is -3.30. The fourth-order valence-corrected chi connectivity index (χ4v) is 5.35. The van der Waals surface area contributed by atoms with Crippen molar-refractivity contribution < 1.29 is 0 Å². The van der Waals surface area contributed by atoms with E-state index in [1.807, 2.05) is 12.1 Å². The van der Waals surface area contributed by atoms with Gasteiger partial charge in [0.1, 0.15) is 6.07 Å². The number of fused-ring (bicyclic) bond motifs is 1. The van der Waals surface area contributed by atoms with Crippen LogP contribution >= 0.6 is 0 Å². The molecule has 33 heavy (non-hydrogen) atoms. The van der Waals surface area contributed by atoms with E-state index in [0.29, 0.717) is 17.5 Å². The quantitative estimate of drug-likeness (QED) is 0.665. The number of hydrogen-bond acceptors (Lipinski definition) is 6. The number of hydrogen-bond donors (Lipinski definition) is 1. The molecule has 0 radical (unpaired) electrons. The summed E-state index contributed by atoms with van der Waals surface area (Å²) in [5.41, 5.74) is 5.18.